The van der Waals surface area contributed by atoms with E-state index in [4.69, 9.17) is 4.74 Å². The molecule has 0 aliphatic heterocycles. The molecule has 1 aromatic carbocycles. The summed E-state index contributed by atoms with van der Waals surface area (Å²) in [4.78, 5) is 10.4. The van der Waals surface area contributed by atoms with Crippen molar-refractivity contribution in [1.82, 2.24) is 0 Å². The van der Waals surface area contributed by atoms with Crippen LogP contribution in [-0.2, 0) is 4.79 Å². The highest BCUT2D eigenvalue weighted by Crippen LogP contribution is 2.39. The van der Waals surface area contributed by atoms with Gasteiger partial charge in [0.15, 0.2) is 0 Å². The highest BCUT2D eigenvalue weighted by molar-refractivity contribution is 9.10. The van der Waals surface area contributed by atoms with Crippen molar-refractivity contribution in [2.24, 2.45) is 0 Å². The molecule has 0 aliphatic carbocycles. The van der Waals surface area contributed by atoms with Gasteiger partial charge in [-0.1, -0.05) is 15.9 Å². The number of ether oxygens (including phenoxy) is 1. The second-order valence-electron chi connectivity index (χ2n) is 3.64. The molecule has 0 saturated heterocycles. The minimum absolute atomic E-state index is 0.284. The van der Waals surface area contributed by atoms with Gasteiger partial charge in [-0.25, -0.2) is 0 Å². The minimum atomic E-state index is 0.284. The van der Waals surface area contributed by atoms with Gasteiger partial charge in [-0.3, -0.25) is 0 Å². The van der Waals surface area contributed by atoms with Crippen molar-refractivity contribution in [1.29, 1.82) is 0 Å². The van der Waals surface area contributed by atoms with Crippen LogP contribution in [0.3, 0.4) is 0 Å². The number of hydrogen-bond donors (Lipinski definition) is 1. The molecule has 0 atom stereocenters. The molecule has 4 heteroatoms. The first-order valence-corrected chi connectivity index (χ1v) is 5.84. The lowest BCUT2D eigenvalue weighted by Crippen LogP contribution is -2.08. The molecule has 1 aromatic rings. The molecule has 0 unspecified atom stereocenters. The van der Waals surface area contributed by atoms with Gasteiger partial charge in [0.2, 0.25) is 0 Å². The van der Waals surface area contributed by atoms with Crippen LogP contribution >= 0.6 is 15.9 Å². The van der Waals surface area contributed by atoms with Crippen LogP contribution in [0, 0.1) is 20.8 Å². The van der Waals surface area contributed by atoms with E-state index in [0.29, 0.717) is 0 Å². The molecule has 0 heterocycles. The first-order valence-electron chi connectivity index (χ1n) is 5.05. The zero-order valence-electron chi connectivity index (χ0n) is 9.98. The van der Waals surface area contributed by atoms with E-state index in [1.165, 1.54) is 0 Å². The summed E-state index contributed by atoms with van der Waals surface area (Å²) in [6.07, 6.45) is 0.835. The Balaban J connectivity index is 3.38. The number of nitrogens with one attached hydrogen (secondary N) is 1. The van der Waals surface area contributed by atoms with E-state index >= 15 is 0 Å². The Morgan fingerprint density at radius 3 is 2.38 bits per heavy atom. The number of hydrogen-bond acceptors (Lipinski definition) is 3. The van der Waals surface area contributed by atoms with Crippen molar-refractivity contribution in [2.75, 3.05) is 19.0 Å². The van der Waals surface area contributed by atoms with Crippen LogP contribution in [0.15, 0.2) is 4.47 Å². The number of benzene rings is 1. The van der Waals surface area contributed by atoms with Crippen LogP contribution in [0.4, 0.5) is 5.69 Å². The third-order valence-electron chi connectivity index (χ3n) is 2.73. The molecule has 0 saturated carbocycles. The summed E-state index contributed by atoms with van der Waals surface area (Å²) >= 11 is 3.55. The topological polar surface area (TPSA) is 38.3 Å². The van der Waals surface area contributed by atoms with Gasteiger partial charge in [0.25, 0.3) is 0 Å². The average Bonchev–Trinajstić information content (AvgIpc) is 2.29. The van der Waals surface area contributed by atoms with E-state index in [1.54, 1.807) is 7.11 Å². The molecule has 0 radical (unpaired) electrons. The third kappa shape index (κ3) is 2.21. The molecule has 0 fully saturated rings. The molecule has 0 spiro atoms. The van der Waals surface area contributed by atoms with Crippen molar-refractivity contribution in [2.45, 2.75) is 20.8 Å². The Kier molecular flexibility index (Phi) is 4.35. The van der Waals surface area contributed by atoms with Crippen molar-refractivity contribution in [3.8, 4) is 5.75 Å². The molecule has 16 heavy (non-hydrogen) atoms. The van der Waals surface area contributed by atoms with Crippen LogP contribution in [0.25, 0.3) is 0 Å². The zero-order chi connectivity index (χ0) is 12.3. The first-order chi connectivity index (χ1) is 7.54. The lowest BCUT2D eigenvalue weighted by Gasteiger charge is -2.19. The van der Waals surface area contributed by atoms with Crippen molar-refractivity contribution >= 4 is 27.9 Å². The molecule has 0 aromatic heterocycles. The molecule has 1 N–H and O–H groups in total. The molecule has 0 amide bonds. The smallest absolute Gasteiger partial charge is 0.145 e. The summed E-state index contributed by atoms with van der Waals surface area (Å²) in [5.74, 6) is 0.806. The fourth-order valence-corrected chi connectivity index (χ4v) is 2.19. The van der Waals surface area contributed by atoms with E-state index in [9.17, 15) is 4.79 Å². The van der Waals surface area contributed by atoms with Gasteiger partial charge in [0.1, 0.15) is 12.0 Å². The van der Waals surface area contributed by atoms with Crippen LogP contribution in [0.2, 0.25) is 0 Å². The average molecular weight is 286 g/mol. The fraction of sp³-hybridized carbons (Fsp3) is 0.417. The lowest BCUT2D eigenvalue weighted by molar-refractivity contribution is -0.106. The van der Waals surface area contributed by atoms with Crippen molar-refractivity contribution in [3.63, 3.8) is 0 Å². The number of anilines is 1. The normalized spacial score (nSPS) is 10.1. The quantitative estimate of drug-likeness (QED) is 0.865. The van der Waals surface area contributed by atoms with Gasteiger partial charge in [-0.2, -0.15) is 0 Å². The van der Waals surface area contributed by atoms with E-state index in [-0.39, 0.29) is 6.54 Å². The van der Waals surface area contributed by atoms with E-state index in [0.717, 1.165) is 38.9 Å². The van der Waals surface area contributed by atoms with Crippen LogP contribution < -0.4 is 10.1 Å². The number of aldehydes is 1. The molecule has 0 bridgehead atoms. The maximum absolute atomic E-state index is 10.4. The Morgan fingerprint density at radius 1 is 1.25 bits per heavy atom. The fourth-order valence-electron chi connectivity index (χ4n) is 1.70. The van der Waals surface area contributed by atoms with Gasteiger partial charge in [-0.05, 0) is 37.5 Å². The standard InChI is InChI=1S/C12H16BrNO2/c1-7-8(2)12(16-4)11(14-5-6-15)9(3)10(7)13/h6,14H,5H2,1-4H3. The highest BCUT2D eigenvalue weighted by atomic mass is 79.9. The van der Waals surface area contributed by atoms with E-state index in [1.807, 2.05) is 20.8 Å². The Morgan fingerprint density at radius 2 is 1.88 bits per heavy atom. The molecule has 0 aliphatic rings. The number of carbonyl (C=O) groups is 1. The van der Waals surface area contributed by atoms with Crippen molar-refractivity contribution in [3.05, 3.63) is 21.2 Å². The zero-order valence-corrected chi connectivity index (χ0v) is 11.6. The van der Waals surface area contributed by atoms with Gasteiger partial charge in [0.05, 0.1) is 19.3 Å². The number of rotatable bonds is 4. The number of methoxy groups -OCH3 is 1. The summed E-state index contributed by atoms with van der Waals surface area (Å²) in [7, 11) is 1.64. The molecule has 3 nitrogen and oxygen atoms in total. The SMILES string of the molecule is COc1c(C)c(C)c(Br)c(C)c1NCC=O. The molecular formula is C12H16BrNO2. The maximum atomic E-state index is 10.4. The predicted molar refractivity (Wildman–Crippen MR) is 69.5 cm³/mol. The van der Waals surface area contributed by atoms with Crippen molar-refractivity contribution < 1.29 is 9.53 Å². The number of halogens is 1. The second-order valence-corrected chi connectivity index (χ2v) is 4.44. The Labute approximate surface area is 104 Å². The van der Waals surface area contributed by atoms with Crippen LogP contribution in [0.1, 0.15) is 16.7 Å². The predicted octanol–water partition coefficient (Wildman–Crippen LogP) is 2.99. The number of carbonyl (C=O) groups excluding carboxylic acids is 1. The summed E-state index contributed by atoms with van der Waals surface area (Å²) in [5.41, 5.74) is 4.17. The van der Waals surface area contributed by atoms with Gasteiger partial charge < -0.3 is 14.8 Å². The van der Waals surface area contributed by atoms with Crippen LogP contribution in [-0.4, -0.2) is 19.9 Å². The summed E-state index contributed by atoms with van der Waals surface area (Å²) in [5, 5.41) is 3.07. The molecular weight excluding hydrogens is 270 g/mol. The Hall–Kier alpha value is -1.03. The largest absolute Gasteiger partial charge is 0.494 e. The second kappa shape index (κ2) is 5.34. The maximum Gasteiger partial charge on any atom is 0.145 e. The first kappa shape index (κ1) is 13.0. The molecule has 88 valence electrons. The Bertz CT molecular complexity index is 416. The van der Waals surface area contributed by atoms with Gasteiger partial charge in [-0.15, -0.1) is 0 Å². The summed E-state index contributed by atoms with van der Waals surface area (Å²) in [6.45, 7) is 6.32. The van der Waals surface area contributed by atoms with Crippen LogP contribution in [0.5, 0.6) is 5.75 Å². The van der Waals surface area contributed by atoms with Gasteiger partial charge in [0, 0.05) is 4.47 Å². The minimum Gasteiger partial charge on any atom is -0.494 e. The van der Waals surface area contributed by atoms with Gasteiger partial charge >= 0.3 is 0 Å². The van der Waals surface area contributed by atoms with E-state index in [2.05, 4.69) is 21.2 Å². The third-order valence-corrected chi connectivity index (χ3v) is 3.92. The summed E-state index contributed by atoms with van der Waals surface area (Å²) < 4.78 is 6.45. The highest BCUT2D eigenvalue weighted by Gasteiger charge is 2.15. The lowest BCUT2D eigenvalue weighted by atomic mass is 10.0. The monoisotopic (exact) mass is 285 g/mol. The molecule has 1 rings (SSSR count). The summed E-state index contributed by atoms with van der Waals surface area (Å²) in [6, 6.07) is 0. The van der Waals surface area contributed by atoms with E-state index < -0.39 is 0 Å².